The molecule has 1 aliphatic rings. The van der Waals surface area contributed by atoms with Gasteiger partial charge in [-0.3, -0.25) is 9.79 Å². The van der Waals surface area contributed by atoms with Gasteiger partial charge >= 0.3 is 0 Å². The number of aliphatic imine (C=N–C) groups is 1. The van der Waals surface area contributed by atoms with Crippen molar-refractivity contribution in [2.45, 2.75) is 26.8 Å². The molecule has 1 fully saturated rings. The SMILES string of the molecule is CNN/C(=C\C(=N/C(C)C)C(C)=O)N1CCOCC1. The second-order valence-electron chi connectivity index (χ2n) is 4.67. The fourth-order valence-corrected chi connectivity index (χ4v) is 1.78. The summed E-state index contributed by atoms with van der Waals surface area (Å²) in [4.78, 5) is 18.1. The van der Waals surface area contributed by atoms with Crippen LogP contribution < -0.4 is 10.9 Å². The fraction of sp³-hybridized carbons (Fsp3) is 0.692. The molecule has 108 valence electrons. The summed E-state index contributed by atoms with van der Waals surface area (Å²) < 4.78 is 5.33. The molecule has 0 radical (unpaired) electrons. The van der Waals surface area contributed by atoms with Gasteiger partial charge in [0.15, 0.2) is 5.78 Å². The van der Waals surface area contributed by atoms with Crippen LogP contribution in [0.25, 0.3) is 0 Å². The Bertz CT molecular complexity index is 358. The maximum absolute atomic E-state index is 11.6. The summed E-state index contributed by atoms with van der Waals surface area (Å²) in [5, 5.41) is 0. The van der Waals surface area contributed by atoms with Crippen LogP contribution in [0.1, 0.15) is 20.8 Å². The maximum atomic E-state index is 11.6. The van der Waals surface area contributed by atoms with Crippen LogP contribution in [0.3, 0.4) is 0 Å². The summed E-state index contributed by atoms with van der Waals surface area (Å²) in [7, 11) is 1.79. The van der Waals surface area contributed by atoms with E-state index in [1.165, 1.54) is 6.92 Å². The van der Waals surface area contributed by atoms with E-state index in [-0.39, 0.29) is 11.8 Å². The monoisotopic (exact) mass is 268 g/mol. The number of carbonyl (C=O) groups excluding carboxylic acids is 1. The molecule has 1 heterocycles. The molecular formula is C13H24N4O2. The first-order valence-corrected chi connectivity index (χ1v) is 6.60. The number of rotatable bonds is 6. The second-order valence-corrected chi connectivity index (χ2v) is 4.67. The van der Waals surface area contributed by atoms with E-state index in [0.717, 1.165) is 18.9 Å². The van der Waals surface area contributed by atoms with Crippen molar-refractivity contribution in [2.75, 3.05) is 33.4 Å². The summed E-state index contributed by atoms with van der Waals surface area (Å²) in [5.41, 5.74) is 6.44. The van der Waals surface area contributed by atoms with Crippen LogP contribution in [-0.4, -0.2) is 55.8 Å². The zero-order valence-corrected chi connectivity index (χ0v) is 12.2. The quantitative estimate of drug-likeness (QED) is 0.536. The molecule has 0 amide bonds. The first-order chi connectivity index (χ1) is 9.04. The predicted octanol–water partition coefficient (Wildman–Crippen LogP) is 0.322. The number of ketones is 1. The minimum atomic E-state index is -0.0302. The highest BCUT2D eigenvalue weighted by Gasteiger charge is 2.15. The summed E-state index contributed by atoms with van der Waals surface area (Å²) in [6.07, 6.45) is 1.80. The number of hydrogen-bond donors (Lipinski definition) is 2. The smallest absolute Gasteiger partial charge is 0.177 e. The maximum Gasteiger partial charge on any atom is 0.177 e. The van der Waals surface area contributed by atoms with Crippen molar-refractivity contribution in [1.29, 1.82) is 0 Å². The standard InChI is InChI=1S/C13H24N4O2/c1-10(2)15-12(11(3)18)9-13(16-14-4)17-5-7-19-8-6-17/h9-10,14,16H,5-8H2,1-4H3/b13-9+,15-12+. The Labute approximate surface area is 114 Å². The van der Waals surface area contributed by atoms with Gasteiger partial charge in [-0.05, 0) is 13.8 Å². The normalized spacial score (nSPS) is 17.8. The summed E-state index contributed by atoms with van der Waals surface area (Å²) in [6, 6.07) is 0.0932. The Balaban J connectivity index is 2.93. The highest BCUT2D eigenvalue weighted by Crippen LogP contribution is 2.06. The number of Topliss-reactive ketones (excluding diaryl/α,β-unsaturated/α-hetero) is 1. The van der Waals surface area contributed by atoms with E-state index in [9.17, 15) is 4.79 Å². The Kier molecular flexibility index (Phi) is 6.52. The average molecular weight is 268 g/mol. The van der Waals surface area contributed by atoms with Gasteiger partial charge in [0.2, 0.25) is 0 Å². The number of hydrazine groups is 1. The van der Waals surface area contributed by atoms with Crippen molar-refractivity contribution in [3.05, 3.63) is 11.9 Å². The highest BCUT2D eigenvalue weighted by molar-refractivity contribution is 6.43. The first kappa shape index (κ1) is 15.7. The topological polar surface area (TPSA) is 66.0 Å². The zero-order valence-electron chi connectivity index (χ0n) is 12.2. The third-order valence-corrected chi connectivity index (χ3v) is 2.64. The van der Waals surface area contributed by atoms with Crippen molar-refractivity contribution >= 4 is 11.5 Å². The lowest BCUT2D eigenvalue weighted by atomic mass is 10.2. The lowest BCUT2D eigenvalue weighted by Gasteiger charge is -2.31. The van der Waals surface area contributed by atoms with Gasteiger partial charge in [-0.2, -0.15) is 0 Å². The van der Waals surface area contributed by atoms with E-state index in [0.29, 0.717) is 18.9 Å². The number of morpholine rings is 1. The molecule has 0 aliphatic carbocycles. The number of allylic oxidation sites excluding steroid dienone is 1. The summed E-state index contributed by atoms with van der Waals surface area (Å²) >= 11 is 0. The van der Waals surface area contributed by atoms with Crippen LogP contribution in [-0.2, 0) is 9.53 Å². The van der Waals surface area contributed by atoms with Crippen LogP contribution >= 0.6 is 0 Å². The van der Waals surface area contributed by atoms with Crippen molar-refractivity contribution in [3.63, 3.8) is 0 Å². The van der Waals surface area contributed by atoms with Gasteiger partial charge in [-0.25, -0.2) is 5.43 Å². The van der Waals surface area contributed by atoms with Crippen LogP contribution in [0.5, 0.6) is 0 Å². The van der Waals surface area contributed by atoms with Crippen molar-refractivity contribution in [3.8, 4) is 0 Å². The molecule has 19 heavy (non-hydrogen) atoms. The molecule has 2 N–H and O–H groups in total. The molecule has 6 heteroatoms. The minimum Gasteiger partial charge on any atom is -0.378 e. The molecule has 0 aromatic carbocycles. The molecule has 0 spiro atoms. The van der Waals surface area contributed by atoms with E-state index >= 15 is 0 Å². The molecule has 6 nitrogen and oxygen atoms in total. The van der Waals surface area contributed by atoms with E-state index < -0.39 is 0 Å². The number of nitrogens with one attached hydrogen (secondary N) is 2. The van der Waals surface area contributed by atoms with Gasteiger partial charge in [0.1, 0.15) is 11.5 Å². The Morgan fingerprint density at radius 1 is 1.37 bits per heavy atom. The molecule has 0 aromatic rings. The second kappa shape index (κ2) is 7.91. The average Bonchev–Trinajstić information content (AvgIpc) is 2.37. The largest absolute Gasteiger partial charge is 0.378 e. The Morgan fingerprint density at radius 3 is 2.47 bits per heavy atom. The molecular weight excluding hydrogens is 244 g/mol. The van der Waals surface area contributed by atoms with Gasteiger partial charge < -0.3 is 15.1 Å². The molecule has 1 saturated heterocycles. The van der Waals surface area contributed by atoms with Gasteiger partial charge in [0.25, 0.3) is 0 Å². The van der Waals surface area contributed by atoms with E-state index in [2.05, 4.69) is 20.7 Å². The summed E-state index contributed by atoms with van der Waals surface area (Å²) in [5.74, 6) is 0.817. The Hall–Kier alpha value is -1.40. The van der Waals surface area contributed by atoms with Crippen molar-refractivity contribution in [1.82, 2.24) is 15.8 Å². The van der Waals surface area contributed by atoms with E-state index in [1.54, 1.807) is 13.1 Å². The molecule has 0 aromatic heterocycles. The van der Waals surface area contributed by atoms with Crippen molar-refractivity contribution in [2.24, 2.45) is 4.99 Å². The molecule has 0 atom stereocenters. The number of carbonyl (C=O) groups is 1. The van der Waals surface area contributed by atoms with Crippen molar-refractivity contribution < 1.29 is 9.53 Å². The lowest BCUT2D eigenvalue weighted by molar-refractivity contribution is -0.111. The fourth-order valence-electron chi connectivity index (χ4n) is 1.78. The molecule has 0 saturated carbocycles. The molecule has 0 unspecified atom stereocenters. The molecule has 1 rings (SSSR count). The van der Waals surface area contributed by atoms with E-state index in [4.69, 9.17) is 4.74 Å². The van der Waals surface area contributed by atoms with Crippen LogP contribution in [0.15, 0.2) is 16.9 Å². The van der Waals surface area contributed by atoms with Crippen LogP contribution in [0, 0.1) is 0 Å². The van der Waals surface area contributed by atoms with Crippen LogP contribution in [0.4, 0.5) is 0 Å². The van der Waals surface area contributed by atoms with Gasteiger partial charge in [-0.1, -0.05) is 0 Å². The van der Waals surface area contributed by atoms with Crippen LogP contribution in [0.2, 0.25) is 0 Å². The zero-order chi connectivity index (χ0) is 14.3. The van der Waals surface area contributed by atoms with Gasteiger partial charge in [0, 0.05) is 39.2 Å². The Morgan fingerprint density at radius 2 is 2.00 bits per heavy atom. The number of nitrogens with zero attached hydrogens (tertiary/aromatic N) is 2. The third kappa shape index (κ3) is 5.40. The van der Waals surface area contributed by atoms with Gasteiger partial charge in [-0.15, -0.1) is 0 Å². The number of hydrogen-bond acceptors (Lipinski definition) is 6. The summed E-state index contributed by atoms with van der Waals surface area (Å²) in [6.45, 7) is 8.43. The molecule has 1 aliphatic heterocycles. The predicted molar refractivity (Wildman–Crippen MR) is 75.9 cm³/mol. The lowest BCUT2D eigenvalue weighted by Crippen LogP contribution is -2.44. The third-order valence-electron chi connectivity index (χ3n) is 2.64. The minimum absolute atomic E-state index is 0.0302. The molecule has 0 bridgehead atoms. The first-order valence-electron chi connectivity index (χ1n) is 6.60. The highest BCUT2D eigenvalue weighted by atomic mass is 16.5. The number of ether oxygens (including phenoxy) is 1. The van der Waals surface area contributed by atoms with Gasteiger partial charge in [0.05, 0.1) is 13.2 Å². The van der Waals surface area contributed by atoms with E-state index in [1.807, 2.05) is 13.8 Å².